The number of hydrogen-bond donors (Lipinski definition) is 2. The third kappa shape index (κ3) is 6.67. The van der Waals surface area contributed by atoms with Gasteiger partial charge in [-0.3, -0.25) is 10.1 Å². The minimum Gasteiger partial charge on any atom is -0.550 e. The first-order chi connectivity index (χ1) is 11.1. The number of nitrogens with one attached hydrogen (secondary N) is 3. The molecule has 6 heteroatoms. The van der Waals surface area contributed by atoms with Gasteiger partial charge in [0.1, 0.15) is 6.20 Å². The molecule has 1 aliphatic carbocycles. The van der Waals surface area contributed by atoms with E-state index in [2.05, 4.69) is 15.6 Å². The minimum atomic E-state index is -1.22. The molecular formula is C17H25N3O3. The van der Waals surface area contributed by atoms with Crippen molar-refractivity contribution in [3.63, 3.8) is 0 Å². The summed E-state index contributed by atoms with van der Waals surface area (Å²) in [5.41, 5.74) is 0.622. The molecule has 1 aromatic heterocycles. The lowest BCUT2D eigenvalue weighted by atomic mass is 9.97. The van der Waals surface area contributed by atoms with Gasteiger partial charge < -0.3 is 15.2 Å². The number of aromatic amines is 1. The van der Waals surface area contributed by atoms with Gasteiger partial charge in [0.05, 0.1) is 11.7 Å². The number of carboxylic acid groups (broad SMARTS) is 1. The minimum absolute atomic E-state index is 0.0790. The third-order valence-electron chi connectivity index (χ3n) is 4.12. The summed E-state index contributed by atoms with van der Waals surface area (Å²) in [4.78, 5) is 25.0. The van der Waals surface area contributed by atoms with E-state index >= 15 is 0 Å². The van der Waals surface area contributed by atoms with Crippen LogP contribution in [0.1, 0.15) is 57.8 Å². The highest BCUT2D eigenvalue weighted by molar-refractivity contribution is 5.92. The Morgan fingerprint density at radius 3 is 2.39 bits per heavy atom. The molecule has 1 fully saturated rings. The molecule has 6 nitrogen and oxygen atoms in total. The average Bonchev–Trinajstić information content (AvgIpc) is 2.49. The van der Waals surface area contributed by atoms with Gasteiger partial charge >= 0.3 is 0 Å². The van der Waals surface area contributed by atoms with Crippen LogP contribution in [0.5, 0.6) is 0 Å². The van der Waals surface area contributed by atoms with Crippen LogP contribution < -0.4 is 20.7 Å². The molecule has 0 spiro atoms. The molecule has 0 aliphatic heterocycles. The monoisotopic (exact) mass is 319 g/mol. The van der Waals surface area contributed by atoms with Gasteiger partial charge in [0.25, 0.3) is 5.82 Å². The first-order valence-electron chi connectivity index (χ1n) is 8.41. The Morgan fingerprint density at radius 2 is 1.78 bits per heavy atom. The fourth-order valence-electron chi connectivity index (χ4n) is 2.85. The molecule has 3 N–H and O–H groups in total. The molecule has 0 saturated heterocycles. The van der Waals surface area contributed by atoms with Gasteiger partial charge in [0, 0.05) is 18.5 Å². The Hall–Kier alpha value is -2.11. The van der Waals surface area contributed by atoms with E-state index in [1.165, 1.54) is 44.9 Å². The number of carbonyl (C=O) groups excluding carboxylic acids is 2. The van der Waals surface area contributed by atoms with Gasteiger partial charge in [0.2, 0.25) is 5.91 Å². The van der Waals surface area contributed by atoms with Crippen LogP contribution in [0.15, 0.2) is 18.3 Å². The lowest BCUT2D eigenvalue weighted by Crippen LogP contribution is -2.26. The summed E-state index contributed by atoms with van der Waals surface area (Å²) in [5.74, 6) is -0.614. The number of anilines is 2. The maximum absolute atomic E-state index is 11.6. The maximum atomic E-state index is 11.6. The maximum Gasteiger partial charge on any atom is 0.272 e. The highest BCUT2D eigenvalue weighted by Gasteiger charge is 2.16. The number of carbonyl (C=O) groups is 2. The van der Waals surface area contributed by atoms with E-state index in [9.17, 15) is 14.7 Å². The van der Waals surface area contributed by atoms with Crippen molar-refractivity contribution in [1.29, 1.82) is 0 Å². The van der Waals surface area contributed by atoms with Crippen LogP contribution >= 0.6 is 0 Å². The predicted octanol–water partition coefficient (Wildman–Crippen LogP) is 1.49. The van der Waals surface area contributed by atoms with E-state index in [-0.39, 0.29) is 18.7 Å². The van der Waals surface area contributed by atoms with Crippen molar-refractivity contribution in [1.82, 2.24) is 0 Å². The molecule has 1 aliphatic rings. The Balaban J connectivity index is 1.81. The smallest absolute Gasteiger partial charge is 0.272 e. The molecule has 23 heavy (non-hydrogen) atoms. The summed E-state index contributed by atoms with van der Waals surface area (Å²) in [7, 11) is 0. The Bertz CT molecular complexity index is 508. The normalized spacial score (nSPS) is 16.2. The van der Waals surface area contributed by atoms with Crippen LogP contribution in [0.3, 0.4) is 0 Å². The number of rotatable bonds is 6. The van der Waals surface area contributed by atoms with Crippen molar-refractivity contribution in [2.24, 2.45) is 0 Å². The highest BCUT2D eigenvalue weighted by Crippen LogP contribution is 2.19. The molecule has 2 rings (SSSR count). The number of hydrogen-bond acceptors (Lipinski definition) is 4. The van der Waals surface area contributed by atoms with Crippen LogP contribution in [0.2, 0.25) is 0 Å². The highest BCUT2D eigenvalue weighted by atomic mass is 16.4. The molecule has 0 bridgehead atoms. The van der Waals surface area contributed by atoms with Gasteiger partial charge in [-0.15, -0.1) is 0 Å². The summed E-state index contributed by atoms with van der Waals surface area (Å²) < 4.78 is 0. The van der Waals surface area contributed by atoms with Crippen LogP contribution in [0.4, 0.5) is 11.5 Å². The van der Waals surface area contributed by atoms with E-state index in [0.717, 1.165) is 5.82 Å². The first-order valence-corrected chi connectivity index (χ1v) is 8.41. The Kier molecular flexibility index (Phi) is 6.84. The number of H-pyrrole nitrogens is 1. The van der Waals surface area contributed by atoms with Crippen LogP contribution in [0, 0.1) is 0 Å². The van der Waals surface area contributed by atoms with Crippen molar-refractivity contribution in [2.75, 3.05) is 10.6 Å². The fourth-order valence-corrected chi connectivity index (χ4v) is 2.85. The summed E-state index contributed by atoms with van der Waals surface area (Å²) in [6, 6.07) is 4.20. The zero-order valence-electron chi connectivity index (χ0n) is 13.4. The summed E-state index contributed by atoms with van der Waals surface area (Å²) >= 11 is 0. The number of pyridine rings is 1. The van der Waals surface area contributed by atoms with E-state index in [1.54, 1.807) is 12.3 Å². The lowest BCUT2D eigenvalue weighted by Gasteiger charge is -2.17. The van der Waals surface area contributed by atoms with Gasteiger partial charge in [-0.25, -0.2) is 4.98 Å². The van der Waals surface area contributed by atoms with E-state index in [4.69, 9.17) is 0 Å². The van der Waals surface area contributed by atoms with Crippen molar-refractivity contribution in [3.05, 3.63) is 18.3 Å². The number of aromatic nitrogens is 1. The second kappa shape index (κ2) is 9.12. The molecule has 1 amide bonds. The molecule has 0 radical (unpaired) electrons. The summed E-state index contributed by atoms with van der Waals surface area (Å²) in [6.45, 7) is 0. The SMILES string of the molecule is O=C([O-])CCC(=O)Nc1ccc(NC2CCCCCCC2)[nH+]c1. The molecule has 1 heterocycles. The molecular weight excluding hydrogens is 294 g/mol. The van der Waals surface area contributed by atoms with Gasteiger partial charge in [0.15, 0.2) is 0 Å². The van der Waals surface area contributed by atoms with Crippen molar-refractivity contribution in [2.45, 2.75) is 63.8 Å². The second-order valence-electron chi connectivity index (χ2n) is 6.10. The fraction of sp³-hybridized carbons (Fsp3) is 0.588. The predicted molar refractivity (Wildman–Crippen MR) is 85.6 cm³/mol. The molecule has 1 aromatic rings. The first kappa shape index (κ1) is 17.2. The van der Waals surface area contributed by atoms with Crippen LogP contribution in [0.25, 0.3) is 0 Å². The van der Waals surface area contributed by atoms with Crippen molar-refractivity contribution >= 4 is 23.4 Å². The second-order valence-corrected chi connectivity index (χ2v) is 6.10. The number of amides is 1. The van der Waals surface area contributed by atoms with Gasteiger partial charge in [-0.1, -0.05) is 19.3 Å². The van der Waals surface area contributed by atoms with Gasteiger partial charge in [-0.2, -0.15) is 0 Å². The van der Waals surface area contributed by atoms with E-state index in [0.29, 0.717) is 11.7 Å². The number of carboxylic acids is 1. The standard InChI is InChI=1S/C17H25N3O3/c21-16(10-11-17(22)23)20-14-8-9-15(18-12-14)19-13-6-4-2-1-3-5-7-13/h8-9,12-13H,1-7,10-11H2,(H,18,19)(H,20,21)(H,22,23). The summed E-state index contributed by atoms with van der Waals surface area (Å²) in [6.07, 6.45) is 10.3. The zero-order valence-corrected chi connectivity index (χ0v) is 13.4. The van der Waals surface area contributed by atoms with Crippen molar-refractivity contribution < 1.29 is 19.7 Å². The van der Waals surface area contributed by atoms with Crippen LogP contribution in [-0.2, 0) is 9.59 Å². The zero-order chi connectivity index (χ0) is 16.5. The number of aliphatic carboxylic acids is 1. The molecule has 0 aromatic carbocycles. The lowest BCUT2D eigenvalue weighted by molar-refractivity contribution is -0.360. The largest absolute Gasteiger partial charge is 0.550 e. The molecule has 0 unspecified atom stereocenters. The third-order valence-corrected chi connectivity index (χ3v) is 4.12. The summed E-state index contributed by atoms with van der Waals surface area (Å²) in [5, 5.41) is 16.5. The Labute approximate surface area is 136 Å². The van der Waals surface area contributed by atoms with E-state index in [1.807, 2.05) is 6.07 Å². The molecule has 1 saturated carbocycles. The average molecular weight is 319 g/mol. The topological polar surface area (TPSA) is 95.4 Å². The van der Waals surface area contributed by atoms with Crippen molar-refractivity contribution in [3.8, 4) is 0 Å². The molecule has 0 atom stereocenters. The Morgan fingerprint density at radius 1 is 1.09 bits per heavy atom. The van der Waals surface area contributed by atoms with Crippen LogP contribution in [-0.4, -0.2) is 17.9 Å². The van der Waals surface area contributed by atoms with Gasteiger partial charge in [-0.05, 0) is 38.2 Å². The molecule has 126 valence electrons. The quantitative estimate of drug-likeness (QED) is 0.830. The van der Waals surface area contributed by atoms with E-state index < -0.39 is 5.97 Å².